The molecule has 1 aromatic heterocycles. The van der Waals surface area contributed by atoms with Crippen molar-refractivity contribution in [1.29, 1.82) is 0 Å². The van der Waals surface area contributed by atoms with Crippen molar-refractivity contribution in [2.75, 3.05) is 0 Å². The third-order valence-electron chi connectivity index (χ3n) is 9.37. The maximum absolute atomic E-state index is 6.70. The first kappa shape index (κ1) is 24.5. The van der Waals surface area contributed by atoms with Crippen LogP contribution in [0.2, 0.25) is 0 Å². The third kappa shape index (κ3) is 3.46. The van der Waals surface area contributed by atoms with Crippen LogP contribution < -0.4 is 0 Å². The minimum absolute atomic E-state index is 0.121. The number of rotatable bonds is 2. The van der Waals surface area contributed by atoms with Crippen LogP contribution in [0.15, 0.2) is 132 Å². The topological polar surface area (TPSA) is 13.1 Å². The Bertz CT molecular complexity index is 2520. The molecule has 0 N–H and O–H groups in total. The van der Waals surface area contributed by atoms with Gasteiger partial charge in [-0.3, -0.25) is 0 Å². The van der Waals surface area contributed by atoms with Gasteiger partial charge >= 0.3 is 0 Å². The Balaban J connectivity index is 1.41. The van der Waals surface area contributed by atoms with Crippen LogP contribution in [0.1, 0.15) is 26.3 Å². The molecule has 1 heteroatoms. The molecule has 43 heavy (non-hydrogen) atoms. The quantitative estimate of drug-likeness (QED) is 0.195. The molecule has 9 aromatic rings. The van der Waals surface area contributed by atoms with Crippen molar-refractivity contribution in [1.82, 2.24) is 0 Å². The molecule has 9 rings (SSSR count). The summed E-state index contributed by atoms with van der Waals surface area (Å²) in [5.74, 6) is 0. The Hall–Kier alpha value is -5.14. The van der Waals surface area contributed by atoms with Gasteiger partial charge in [0.25, 0.3) is 0 Å². The van der Waals surface area contributed by atoms with Gasteiger partial charge in [0.05, 0.1) is 0 Å². The highest BCUT2D eigenvalue weighted by Gasteiger charge is 2.22. The molecule has 0 radical (unpaired) electrons. The number of hydrogen-bond acceptors (Lipinski definition) is 1. The average molecular weight is 551 g/mol. The Morgan fingerprint density at radius 3 is 1.95 bits per heavy atom. The van der Waals surface area contributed by atoms with Crippen LogP contribution in [0.4, 0.5) is 0 Å². The smallest absolute Gasteiger partial charge is 0.143 e. The third-order valence-corrected chi connectivity index (χ3v) is 9.37. The molecule has 204 valence electrons. The van der Waals surface area contributed by atoms with E-state index in [9.17, 15) is 0 Å². The van der Waals surface area contributed by atoms with Gasteiger partial charge in [0, 0.05) is 21.5 Å². The van der Waals surface area contributed by atoms with Gasteiger partial charge in [-0.25, -0.2) is 0 Å². The lowest BCUT2D eigenvalue weighted by atomic mass is 9.84. The van der Waals surface area contributed by atoms with Crippen molar-refractivity contribution in [2.24, 2.45) is 0 Å². The first-order chi connectivity index (χ1) is 21.0. The largest absolute Gasteiger partial charge is 0.455 e. The SMILES string of the molecule is CC(C)(C)c1ccc(-c2ccccc2-c2cc3cccc4c5oc6ccc7ccccc7c6c5c5cccc2c5c34)cc1. The Morgan fingerprint density at radius 1 is 0.442 bits per heavy atom. The van der Waals surface area contributed by atoms with E-state index in [4.69, 9.17) is 4.42 Å². The molecule has 0 saturated carbocycles. The number of benzene rings is 8. The molecule has 0 aliphatic carbocycles. The van der Waals surface area contributed by atoms with Gasteiger partial charge in [-0.15, -0.1) is 0 Å². The second-order valence-corrected chi connectivity index (χ2v) is 12.9. The summed E-state index contributed by atoms with van der Waals surface area (Å²) in [4.78, 5) is 0. The summed E-state index contributed by atoms with van der Waals surface area (Å²) in [6, 6.07) is 46.8. The van der Waals surface area contributed by atoms with Gasteiger partial charge in [0.15, 0.2) is 0 Å². The molecule has 0 spiro atoms. The second kappa shape index (κ2) is 8.69. The molecule has 0 amide bonds. The summed E-state index contributed by atoms with van der Waals surface area (Å²) in [7, 11) is 0. The highest BCUT2D eigenvalue weighted by Crippen LogP contribution is 2.49. The van der Waals surface area contributed by atoms with E-state index in [0.717, 1.165) is 11.2 Å². The van der Waals surface area contributed by atoms with Crippen molar-refractivity contribution in [3.05, 3.63) is 133 Å². The fourth-order valence-electron chi connectivity index (χ4n) is 7.30. The lowest BCUT2D eigenvalue weighted by Gasteiger charge is -2.20. The Morgan fingerprint density at radius 2 is 1.12 bits per heavy atom. The van der Waals surface area contributed by atoms with Gasteiger partial charge in [0.2, 0.25) is 0 Å². The van der Waals surface area contributed by atoms with E-state index in [2.05, 4.69) is 148 Å². The van der Waals surface area contributed by atoms with E-state index in [0.29, 0.717) is 0 Å². The Kier molecular flexibility index (Phi) is 4.94. The molecule has 0 aliphatic heterocycles. The van der Waals surface area contributed by atoms with E-state index in [1.165, 1.54) is 81.7 Å². The molecule has 0 bridgehead atoms. The zero-order valence-corrected chi connectivity index (χ0v) is 24.5. The Labute approximate surface area is 250 Å². The molecule has 1 heterocycles. The van der Waals surface area contributed by atoms with Crippen LogP contribution in [0.25, 0.3) is 87.3 Å². The molecule has 1 nitrogen and oxygen atoms in total. The summed E-state index contributed by atoms with van der Waals surface area (Å²) < 4.78 is 6.70. The fraction of sp³-hybridized carbons (Fsp3) is 0.0952. The lowest BCUT2D eigenvalue weighted by molar-refractivity contribution is 0.590. The number of hydrogen-bond donors (Lipinski definition) is 0. The first-order valence-corrected chi connectivity index (χ1v) is 15.1. The van der Waals surface area contributed by atoms with Crippen molar-refractivity contribution < 1.29 is 4.42 Å². The van der Waals surface area contributed by atoms with Crippen molar-refractivity contribution in [2.45, 2.75) is 26.2 Å². The summed E-state index contributed by atoms with van der Waals surface area (Å²) in [6.07, 6.45) is 0. The average Bonchev–Trinajstić information content (AvgIpc) is 3.44. The van der Waals surface area contributed by atoms with Gasteiger partial charge < -0.3 is 4.42 Å². The van der Waals surface area contributed by atoms with Gasteiger partial charge in [-0.05, 0) is 77.7 Å². The molecule has 0 aliphatic rings. The fourth-order valence-corrected chi connectivity index (χ4v) is 7.30. The molecule has 8 aromatic carbocycles. The van der Waals surface area contributed by atoms with Crippen LogP contribution in [-0.4, -0.2) is 0 Å². The predicted molar refractivity (Wildman–Crippen MR) is 185 cm³/mol. The van der Waals surface area contributed by atoms with E-state index in [-0.39, 0.29) is 5.41 Å². The summed E-state index contributed by atoms with van der Waals surface area (Å²) in [6.45, 7) is 6.81. The number of furan rings is 1. The predicted octanol–water partition coefficient (Wildman–Crippen LogP) is 12.3. The molecular formula is C42H30O. The molecular weight excluding hydrogens is 520 g/mol. The van der Waals surface area contributed by atoms with Crippen LogP contribution in [0.3, 0.4) is 0 Å². The maximum atomic E-state index is 6.70. The molecule has 0 saturated heterocycles. The van der Waals surface area contributed by atoms with Gasteiger partial charge in [-0.1, -0.05) is 136 Å². The normalized spacial score (nSPS) is 12.5. The standard InChI is InChI=1S/C42H30O/c1-42(2,3)28-21-18-26(19-22-28)29-12-6-7-14-31(29)35-24-27-11-8-17-34-37(27)38-32(35)15-9-16-33(38)40-39-30-13-5-4-10-25(30)20-23-36(39)43-41(34)40/h4-24H,1-3H3. The van der Waals surface area contributed by atoms with Crippen LogP contribution in [-0.2, 0) is 5.41 Å². The first-order valence-electron chi connectivity index (χ1n) is 15.1. The van der Waals surface area contributed by atoms with Crippen LogP contribution in [0, 0.1) is 0 Å². The highest BCUT2D eigenvalue weighted by atomic mass is 16.3. The lowest BCUT2D eigenvalue weighted by Crippen LogP contribution is -2.10. The van der Waals surface area contributed by atoms with Crippen molar-refractivity contribution in [3.8, 4) is 22.3 Å². The number of fused-ring (bicyclic) bond motifs is 7. The van der Waals surface area contributed by atoms with Crippen LogP contribution >= 0.6 is 0 Å². The maximum Gasteiger partial charge on any atom is 0.143 e. The van der Waals surface area contributed by atoms with Crippen LogP contribution in [0.5, 0.6) is 0 Å². The van der Waals surface area contributed by atoms with Crippen molar-refractivity contribution >= 4 is 65.0 Å². The van der Waals surface area contributed by atoms with E-state index in [1.54, 1.807) is 0 Å². The monoisotopic (exact) mass is 550 g/mol. The minimum atomic E-state index is 0.121. The molecule has 0 fully saturated rings. The zero-order chi connectivity index (χ0) is 28.9. The second-order valence-electron chi connectivity index (χ2n) is 12.9. The van der Waals surface area contributed by atoms with Gasteiger partial charge in [0.1, 0.15) is 11.2 Å². The summed E-state index contributed by atoms with van der Waals surface area (Å²) in [5, 5.41) is 12.4. The summed E-state index contributed by atoms with van der Waals surface area (Å²) in [5.41, 5.74) is 8.39. The zero-order valence-electron chi connectivity index (χ0n) is 24.5. The molecule has 0 atom stereocenters. The van der Waals surface area contributed by atoms with E-state index in [1.807, 2.05) is 0 Å². The van der Waals surface area contributed by atoms with E-state index < -0.39 is 0 Å². The highest BCUT2D eigenvalue weighted by molar-refractivity contribution is 6.39. The molecule has 0 unspecified atom stereocenters. The minimum Gasteiger partial charge on any atom is -0.455 e. The van der Waals surface area contributed by atoms with E-state index >= 15 is 0 Å². The van der Waals surface area contributed by atoms with Crippen molar-refractivity contribution in [3.63, 3.8) is 0 Å². The van der Waals surface area contributed by atoms with Gasteiger partial charge in [-0.2, -0.15) is 0 Å². The summed E-state index contributed by atoms with van der Waals surface area (Å²) >= 11 is 0.